The van der Waals surface area contributed by atoms with Crippen molar-refractivity contribution in [2.24, 2.45) is 5.92 Å². The summed E-state index contributed by atoms with van der Waals surface area (Å²) >= 11 is 5.99. The number of rotatable bonds is 7. The van der Waals surface area contributed by atoms with Crippen LogP contribution in [0.5, 0.6) is 5.88 Å². The Morgan fingerprint density at radius 1 is 1.35 bits per heavy atom. The summed E-state index contributed by atoms with van der Waals surface area (Å²) in [5.41, 5.74) is 0. The fourth-order valence-electron chi connectivity index (χ4n) is 1.42. The fourth-order valence-corrected chi connectivity index (χ4v) is 1.56. The van der Waals surface area contributed by atoms with Gasteiger partial charge < -0.3 is 10.1 Å². The van der Waals surface area contributed by atoms with E-state index in [1.807, 2.05) is 6.92 Å². The first-order valence-corrected chi connectivity index (χ1v) is 6.48. The molecule has 0 amide bonds. The Hall–Kier alpha value is -1.03. The van der Waals surface area contributed by atoms with Crippen molar-refractivity contribution in [1.82, 2.24) is 9.97 Å². The normalized spacial score (nSPS) is 10.6. The van der Waals surface area contributed by atoms with E-state index in [0.29, 0.717) is 29.4 Å². The summed E-state index contributed by atoms with van der Waals surface area (Å²) < 4.78 is 5.64. The lowest BCUT2D eigenvalue weighted by Crippen LogP contribution is -2.12. The molecular weight excluding hydrogens is 238 g/mol. The van der Waals surface area contributed by atoms with Gasteiger partial charge in [-0.15, -0.1) is 0 Å². The van der Waals surface area contributed by atoms with Crippen LogP contribution in [-0.4, -0.2) is 23.1 Å². The highest BCUT2D eigenvalue weighted by Gasteiger charge is 2.09. The van der Waals surface area contributed by atoms with Crippen LogP contribution in [0.15, 0.2) is 6.20 Å². The van der Waals surface area contributed by atoms with E-state index in [9.17, 15) is 0 Å². The maximum Gasteiger partial charge on any atom is 0.237 e. The number of anilines is 1. The summed E-state index contributed by atoms with van der Waals surface area (Å²) in [7, 11) is 0. The Morgan fingerprint density at radius 2 is 2.06 bits per heavy atom. The number of aromatic nitrogens is 2. The van der Waals surface area contributed by atoms with Crippen LogP contribution in [0.3, 0.4) is 0 Å². The molecule has 0 saturated heterocycles. The van der Waals surface area contributed by atoms with Crippen LogP contribution in [0.4, 0.5) is 5.95 Å². The zero-order valence-corrected chi connectivity index (χ0v) is 11.4. The molecule has 5 heteroatoms. The van der Waals surface area contributed by atoms with Gasteiger partial charge in [-0.25, -0.2) is 4.98 Å². The number of halogens is 1. The molecule has 0 aromatic carbocycles. The molecule has 0 aliphatic rings. The number of ether oxygens (including phenoxy) is 1. The molecule has 17 heavy (non-hydrogen) atoms. The lowest BCUT2D eigenvalue weighted by Gasteiger charge is -2.14. The molecule has 0 unspecified atom stereocenters. The van der Waals surface area contributed by atoms with Crippen LogP contribution in [0, 0.1) is 5.92 Å². The fraction of sp³-hybridized carbons (Fsp3) is 0.667. The Morgan fingerprint density at radius 3 is 2.65 bits per heavy atom. The van der Waals surface area contributed by atoms with Crippen molar-refractivity contribution in [1.29, 1.82) is 0 Å². The maximum atomic E-state index is 5.99. The summed E-state index contributed by atoms with van der Waals surface area (Å²) in [4.78, 5) is 8.29. The van der Waals surface area contributed by atoms with Gasteiger partial charge in [-0.2, -0.15) is 4.98 Å². The highest BCUT2D eigenvalue weighted by atomic mass is 35.5. The number of nitrogens with one attached hydrogen (secondary N) is 1. The third kappa shape index (κ3) is 4.38. The minimum atomic E-state index is 0.456. The van der Waals surface area contributed by atoms with E-state index in [-0.39, 0.29) is 0 Å². The summed E-state index contributed by atoms with van der Waals surface area (Å²) in [6, 6.07) is 0. The standard InChI is InChI=1S/C12H20ClN3O/c1-4-9(5-2)8-17-11-10(13)7-15-12(16-11)14-6-3/h7,9H,4-6,8H2,1-3H3,(H,14,15,16). The SMILES string of the molecule is CCNc1ncc(Cl)c(OCC(CC)CC)n1. The molecule has 96 valence electrons. The van der Waals surface area contributed by atoms with Crippen molar-refractivity contribution in [2.45, 2.75) is 33.6 Å². The van der Waals surface area contributed by atoms with E-state index in [1.165, 1.54) is 0 Å². The van der Waals surface area contributed by atoms with Gasteiger partial charge in [-0.3, -0.25) is 0 Å². The molecule has 0 bridgehead atoms. The quantitative estimate of drug-likeness (QED) is 0.814. The van der Waals surface area contributed by atoms with Crippen molar-refractivity contribution in [3.05, 3.63) is 11.2 Å². The number of nitrogens with zero attached hydrogens (tertiary/aromatic N) is 2. The summed E-state index contributed by atoms with van der Waals surface area (Å²) in [5, 5.41) is 3.49. The molecular formula is C12H20ClN3O. The molecule has 1 aromatic rings. The van der Waals surface area contributed by atoms with Crippen LogP contribution in [0.2, 0.25) is 5.02 Å². The molecule has 0 spiro atoms. The minimum absolute atomic E-state index is 0.456. The topological polar surface area (TPSA) is 47.0 Å². The van der Waals surface area contributed by atoms with Crippen molar-refractivity contribution in [2.75, 3.05) is 18.5 Å². The molecule has 4 nitrogen and oxygen atoms in total. The van der Waals surface area contributed by atoms with E-state index in [1.54, 1.807) is 6.20 Å². The van der Waals surface area contributed by atoms with Crippen molar-refractivity contribution in [3.8, 4) is 5.88 Å². The van der Waals surface area contributed by atoms with E-state index < -0.39 is 0 Å². The summed E-state index contributed by atoms with van der Waals surface area (Å²) in [6.45, 7) is 7.72. The first-order chi connectivity index (χ1) is 8.21. The summed E-state index contributed by atoms with van der Waals surface area (Å²) in [6.07, 6.45) is 3.76. The van der Waals surface area contributed by atoms with Gasteiger partial charge in [0.25, 0.3) is 0 Å². The van der Waals surface area contributed by atoms with Gasteiger partial charge in [-0.05, 0) is 12.8 Å². The predicted octanol–water partition coefficient (Wildman–Crippen LogP) is 3.38. The second-order valence-corrected chi connectivity index (χ2v) is 4.28. The molecule has 1 heterocycles. The molecule has 0 fully saturated rings. The van der Waals surface area contributed by atoms with E-state index in [0.717, 1.165) is 19.4 Å². The highest BCUT2D eigenvalue weighted by molar-refractivity contribution is 6.31. The van der Waals surface area contributed by atoms with Crippen molar-refractivity contribution in [3.63, 3.8) is 0 Å². The molecule has 1 N–H and O–H groups in total. The van der Waals surface area contributed by atoms with Crippen LogP contribution in [-0.2, 0) is 0 Å². The largest absolute Gasteiger partial charge is 0.476 e. The van der Waals surface area contributed by atoms with Crippen molar-refractivity contribution < 1.29 is 4.74 Å². The highest BCUT2D eigenvalue weighted by Crippen LogP contribution is 2.23. The second kappa shape index (κ2) is 7.33. The van der Waals surface area contributed by atoms with E-state index in [2.05, 4.69) is 29.1 Å². The zero-order chi connectivity index (χ0) is 12.7. The van der Waals surface area contributed by atoms with E-state index in [4.69, 9.17) is 16.3 Å². The van der Waals surface area contributed by atoms with Gasteiger partial charge >= 0.3 is 0 Å². The molecule has 0 radical (unpaired) electrons. The molecule has 0 saturated carbocycles. The Bertz CT molecular complexity index is 343. The molecule has 0 aliphatic carbocycles. The smallest absolute Gasteiger partial charge is 0.237 e. The lowest BCUT2D eigenvalue weighted by atomic mass is 10.1. The van der Waals surface area contributed by atoms with Gasteiger partial charge in [0.05, 0.1) is 12.8 Å². The average Bonchev–Trinajstić information content (AvgIpc) is 2.34. The van der Waals surface area contributed by atoms with Gasteiger partial charge in [-0.1, -0.05) is 38.3 Å². The van der Waals surface area contributed by atoms with Crippen LogP contribution < -0.4 is 10.1 Å². The maximum absolute atomic E-state index is 5.99. The van der Waals surface area contributed by atoms with Crippen molar-refractivity contribution >= 4 is 17.5 Å². The average molecular weight is 258 g/mol. The second-order valence-electron chi connectivity index (χ2n) is 3.87. The Labute approximate surface area is 108 Å². The van der Waals surface area contributed by atoms with Gasteiger partial charge in [0.2, 0.25) is 11.8 Å². The number of hydrogen-bond acceptors (Lipinski definition) is 4. The minimum Gasteiger partial charge on any atom is -0.476 e. The van der Waals surface area contributed by atoms with Gasteiger partial charge in [0, 0.05) is 6.54 Å². The molecule has 0 atom stereocenters. The van der Waals surface area contributed by atoms with Crippen LogP contribution >= 0.6 is 11.6 Å². The Balaban J connectivity index is 2.65. The zero-order valence-electron chi connectivity index (χ0n) is 10.7. The van der Waals surface area contributed by atoms with Crippen LogP contribution in [0.1, 0.15) is 33.6 Å². The predicted molar refractivity (Wildman–Crippen MR) is 70.8 cm³/mol. The monoisotopic (exact) mass is 257 g/mol. The summed E-state index contributed by atoms with van der Waals surface area (Å²) in [5.74, 6) is 1.56. The first kappa shape index (κ1) is 14.0. The lowest BCUT2D eigenvalue weighted by molar-refractivity contribution is 0.233. The van der Waals surface area contributed by atoms with Crippen LogP contribution in [0.25, 0.3) is 0 Å². The molecule has 1 aromatic heterocycles. The third-order valence-electron chi connectivity index (χ3n) is 2.66. The molecule has 0 aliphatic heterocycles. The van der Waals surface area contributed by atoms with E-state index >= 15 is 0 Å². The van der Waals surface area contributed by atoms with Gasteiger partial charge in [0.1, 0.15) is 5.02 Å². The van der Waals surface area contributed by atoms with Gasteiger partial charge in [0.15, 0.2) is 0 Å². The molecule has 1 rings (SSSR count). The Kier molecular flexibility index (Phi) is 6.05. The first-order valence-electron chi connectivity index (χ1n) is 6.10. The third-order valence-corrected chi connectivity index (χ3v) is 2.92. The number of hydrogen-bond donors (Lipinski definition) is 1.